The number of nitrogens with zero attached hydrogens (tertiary/aromatic N) is 4. The van der Waals surface area contributed by atoms with E-state index in [1.54, 1.807) is 32.5 Å². The number of alkyl halides is 3. The van der Waals surface area contributed by atoms with Gasteiger partial charge in [-0.05, 0) is 19.9 Å². The van der Waals surface area contributed by atoms with Crippen LogP contribution in [0, 0.1) is 25.2 Å². The van der Waals surface area contributed by atoms with E-state index in [2.05, 4.69) is 10.1 Å². The van der Waals surface area contributed by atoms with Gasteiger partial charge in [-0.1, -0.05) is 18.5 Å². The lowest BCUT2D eigenvalue weighted by Gasteiger charge is -2.17. The van der Waals surface area contributed by atoms with Crippen molar-refractivity contribution in [3.63, 3.8) is 0 Å². The largest absolute Gasteiger partial charge is 0.417 e. The molecular formula is C17H16ClF3N4O. The molecular weight excluding hydrogens is 369 g/mol. The van der Waals surface area contributed by atoms with E-state index in [0.29, 0.717) is 23.5 Å². The van der Waals surface area contributed by atoms with E-state index < -0.39 is 29.4 Å². The first-order valence-electron chi connectivity index (χ1n) is 7.65. The highest BCUT2D eigenvalue weighted by molar-refractivity contribution is 6.31. The molecule has 0 saturated heterocycles. The topological polar surface area (TPSA) is 71.6 Å². The highest BCUT2D eigenvalue weighted by Gasteiger charge is 2.35. The summed E-state index contributed by atoms with van der Waals surface area (Å²) >= 11 is 5.89. The van der Waals surface area contributed by atoms with Crippen molar-refractivity contribution >= 4 is 17.4 Å². The van der Waals surface area contributed by atoms with Crippen LogP contribution in [0.1, 0.15) is 47.0 Å². The Balaban J connectivity index is 2.42. The van der Waals surface area contributed by atoms with Crippen LogP contribution in [0.4, 0.5) is 13.2 Å². The highest BCUT2D eigenvalue weighted by atomic mass is 35.5. The molecule has 0 saturated carbocycles. The van der Waals surface area contributed by atoms with Crippen LogP contribution in [0.15, 0.2) is 12.3 Å². The second-order valence-corrected chi connectivity index (χ2v) is 6.39. The van der Waals surface area contributed by atoms with Crippen LogP contribution in [-0.2, 0) is 18.0 Å². The van der Waals surface area contributed by atoms with E-state index in [1.807, 2.05) is 6.07 Å². The minimum Gasteiger partial charge on any atom is -0.297 e. The Morgan fingerprint density at radius 2 is 2.00 bits per heavy atom. The van der Waals surface area contributed by atoms with Crippen LogP contribution < -0.4 is 0 Å². The molecule has 0 fully saturated rings. The number of aryl methyl sites for hydroxylation is 2. The van der Waals surface area contributed by atoms with Gasteiger partial charge in [-0.2, -0.15) is 23.5 Å². The van der Waals surface area contributed by atoms with Gasteiger partial charge in [0.2, 0.25) is 0 Å². The third kappa shape index (κ3) is 3.58. The molecule has 9 heteroatoms. The monoisotopic (exact) mass is 384 g/mol. The van der Waals surface area contributed by atoms with Crippen molar-refractivity contribution in [3.8, 4) is 6.07 Å². The Kier molecular flexibility index (Phi) is 5.42. The first-order valence-corrected chi connectivity index (χ1v) is 8.02. The lowest BCUT2D eigenvalue weighted by Crippen LogP contribution is -2.20. The molecule has 0 aliphatic carbocycles. The molecule has 0 radical (unpaired) electrons. The van der Waals surface area contributed by atoms with E-state index >= 15 is 0 Å². The third-order valence-electron chi connectivity index (χ3n) is 4.31. The number of rotatable bonds is 4. The maximum Gasteiger partial charge on any atom is 0.417 e. The molecule has 0 unspecified atom stereocenters. The number of hydrogen-bond donors (Lipinski definition) is 0. The predicted molar refractivity (Wildman–Crippen MR) is 88.7 cm³/mol. The summed E-state index contributed by atoms with van der Waals surface area (Å²) in [7, 11) is 1.74. The van der Waals surface area contributed by atoms with E-state index in [9.17, 15) is 23.2 Å². The zero-order valence-electron chi connectivity index (χ0n) is 14.5. The molecule has 138 valence electrons. The summed E-state index contributed by atoms with van der Waals surface area (Å²) in [6.45, 7) is 5.17. The summed E-state index contributed by atoms with van der Waals surface area (Å²) in [6.07, 6.45) is -4.04. The van der Waals surface area contributed by atoms with Gasteiger partial charge in [0, 0.05) is 30.4 Å². The van der Waals surface area contributed by atoms with Gasteiger partial charge < -0.3 is 0 Å². The van der Waals surface area contributed by atoms with Crippen molar-refractivity contribution in [1.82, 2.24) is 14.8 Å². The molecule has 26 heavy (non-hydrogen) atoms. The average molecular weight is 385 g/mol. The summed E-state index contributed by atoms with van der Waals surface area (Å²) in [4.78, 5) is 16.5. The molecule has 0 bridgehead atoms. The summed E-state index contributed by atoms with van der Waals surface area (Å²) in [5, 5.41) is 13.3. The minimum atomic E-state index is -4.61. The first kappa shape index (κ1) is 19.9. The zero-order valence-corrected chi connectivity index (χ0v) is 15.3. The Morgan fingerprint density at radius 3 is 2.42 bits per heavy atom. The highest BCUT2D eigenvalue weighted by Crippen LogP contribution is 2.35. The van der Waals surface area contributed by atoms with Crippen molar-refractivity contribution in [3.05, 3.63) is 45.5 Å². The van der Waals surface area contributed by atoms with E-state index in [1.165, 1.54) is 0 Å². The molecule has 0 aliphatic rings. The normalized spacial score (nSPS) is 14.0. The molecule has 0 spiro atoms. The Morgan fingerprint density at radius 1 is 1.38 bits per heavy atom. The van der Waals surface area contributed by atoms with Crippen molar-refractivity contribution in [1.29, 1.82) is 5.26 Å². The van der Waals surface area contributed by atoms with E-state index in [4.69, 9.17) is 11.6 Å². The fraction of sp³-hybridized carbons (Fsp3) is 0.412. The molecule has 0 N–H and O–H groups in total. The van der Waals surface area contributed by atoms with E-state index in [0.717, 1.165) is 5.69 Å². The van der Waals surface area contributed by atoms with Gasteiger partial charge in [0.05, 0.1) is 28.0 Å². The zero-order chi connectivity index (χ0) is 19.8. The predicted octanol–water partition coefficient (Wildman–Crippen LogP) is 4.08. The van der Waals surface area contributed by atoms with Crippen molar-refractivity contribution in [2.24, 2.45) is 7.05 Å². The number of aromatic nitrogens is 3. The quantitative estimate of drug-likeness (QED) is 0.796. The molecule has 2 aromatic rings. The number of Topliss-reactive ketones (excluding diaryl/α,β-unsaturated/α-hetero) is 1. The Hall–Kier alpha value is -2.40. The van der Waals surface area contributed by atoms with Crippen LogP contribution >= 0.6 is 11.6 Å². The maximum atomic E-state index is 12.8. The second-order valence-electron chi connectivity index (χ2n) is 5.98. The summed E-state index contributed by atoms with van der Waals surface area (Å²) in [5.74, 6) is -2.56. The van der Waals surface area contributed by atoms with Crippen LogP contribution in [0.25, 0.3) is 0 Å². The average Bonchev–Trinajstić information content (AvgIpc) is 2.80. The van der Waals surface area contributed by atoms with Crippen LogP contribution in [0.2, 0.25) is 5.02 Å². The lowest BCUT2D eigenvalue weighted by atomic mass is 9.86. The van der Waals surface area contributed by atoms with Crippen molar-refractivity contribution in [2.45, 2.75) is 38.8 Å². The standard InChI is InChI=1S/C17H16ClF3N4O/c1-8(14-9(2)24-25(4)10(14)3)16(26)12(6-22)15-13(18)5-11(7-23-15)17(19,20)21/h5,7-8,12H,1-4H3/t8-,12-/m0/s1. The fourth-order valence-corrected chi connectivity index (χ4v) is 3.16. The third-order valence-corrected chi connectivity index (χ3v) is 4.61. The fourth-order valence-electron chi connectivity index (χ4n) is 2.88. The van der Waals surface area contributed by atoms with Crippen molar-refractivity contribution in [2.75, 3.05) is 0 Å². The molecule has 2 atom stereocenters. The van der Waals surface area contributed by atoms with Crippen molar-refractivity contribution < 1.29 is 18.0 Å². The second kappa shape index (κ2) is 7.08. The van der Waals surface area contributed by atoms with Gasteiger partial charge in [0.15, 0.2) is 5.78 Å². The molecule has 2 heterocycles. The smallest absolute Gasteiger partial charge is 0.297 e. The van der Waals surface area contributed by atoms with Crippen LogP contribution in [-0.4, -0.2) is 20.5 Å². The molecule has 2 rings (SSSR count). The van der Waals surface area contributed by atoms with Crippen LogP contribution in [0.3, 0.4) is 0 Å². The lowest BCUT2D eigenvalue weighted by molar-refractivity contribution is -0.137. The van der Waals surface area contributed by atoms with Gasteiger partial charge in [0.25, 0.3) is 0 Å². The number of halogens is 4. The number of pyridine rings is 1. The summed E-state index contributed by atoms with van der Waals surface area (Å²) in [6, 6.07) is 2.48. The van der Waals surface area contributed by atoms with Crippen LogP contribution in [0.5, 0.6) is 0 Å². The van der Waals surface area contributed by atoms with Gasteiger partial charge in [0.1, 0.15) is 5.92 Å². The summed E-state index contributed by atoms with van der Waals surface area (Å²) in [5.41, 5.74) is 0.877. The molecule has 2 aromatic heterocycles. The molecule has 0 amide bonds. The van der Waals surface area contributed by atoms with Gasteiger partial charge in [-0.3, -0.25) is 14.5 Å². The van der Waals surface area contributed by atoms with Gasteiger partial charge in [-0.25, -0.2) is 0 Å². The molecule has 0 aromatic carbocycles. The number of hydrogen-bond acceptors (Lipinski definition) is 4. The van der Waals surface area contributed by atoms with Gasteiger partial charge >= 0.3 is 6.18 Å². The number of nitriles is 1. The number of carbonyl (C=O) groups is 1. The molecule has 0 aliphatic heterocycles. The Labute approximate surface area is 153 Å². The Bertz CT molecular complexity index is 899. The minimum absolute atomic E-state index is 0.182. The number of ketones is 1. The molecule has 5 nitrogen and oxygen atoms in total. The summed E-state index contributed by atoms with van der Waals surface area (Å²) < 4.78 is 39.9. The first-order chi connectivity index (χ1) is 12.0. The SMILES string of the molecule is Cc1nn(C)c(C)c1[C@H](C)C(=O)[C@@H](C#N)c1ncc(C(F)(F)F)cc1Cl. The maximum absolute atomic E-state index is 12.8. The van der Waals surface area contributed by atoms with Gasteiger partial charge in [-0.15, -0.1) is 0 Å². The number of carbonyl (C=O) groups excluding carboxylic acids is 1. The van der Waals surface area contributed by atoms with E-state index in [-0.39, 0.29) is 10.7 Å².